The van der Waals surface area contributed by atoms with E-state index in [1.807, 2.05) is 0 Å². The van der Waals surface area contributed by atoms with Crippen LogP contribution in [0.2, 0.25) is 0 Å². The van der Waals surface area contributed by atoms with E-state index < -0.39 is 38.0 Å². The predicted molar refractivity (Wildman–Crippen MR) is 47.1 cm³/mol. The molecule has 0 unspecified atom stereocenters. The first kappa shape index (κ1) is 14.8. The molecule has 0 heterocycles. The molecule has 9 heteroatoms. The quantitative estimate of drug-likeness (QED) is 0.274. The van der Waals surface area contributed by atoms with E-state index in [-0.39, 0.29) is 18.9 Å². The summed E-state index contributed by atoms with van der Waals surface area (Å²) in [6.45, 7) is 0. The molecule has 0 aliphatic rings. The smallest absolute Gasteiger partial charge is 0.872 e. The molecule has 0 aliphatic carbocycles. The van der Waals surface area contributed by atoms with E-state index in [9.17, 15) is 18.3 Å². The topological polar surface area (TPSA) is 141 Å². The Morgan fingerprint density at radius 3 is 2.19 bits per heavy atom. The monoisotopic (exact) mass is 239 g/mol. The molecule has 7 nitrogen and oxygen atoms in total. The van der Waals surface area contributed by atoms with Gasteiger partial charge in [-0.15, -0.1) is 0 Å². The molecular weight excluding hydrogens is 233 g/mol. The minimum Gasteiger partial charge on any atom is -0.872 e. The Bertz CT molecular complexity index is 503. The van der Waals surface area contributed by atoms with Crippen molar-refractivity contribution < 1.29 is 46.8 Å². The SMILES string of the molecule is Nc1cc(S(=O)(=O)O)cc([O-])c1C(=O)O.[Li+]. The molecule has 82 valence electrons. The Morgan fingerprint density at radius 1 is 1.38 bits per heavy atom. The second kappa shape index (κ2) is 4.76. The van der Waals surface area contributed by atoms with Gasteiger partial charge in [-0.2, -0.15) is 8.42 Å². The van der Waals surface area contributed by atoms with E-state index in [4.69, 9.17) is 15.4 Å². The van der Waals surface area contributed by atoms with Crippen molar-refractivity contribution in [2.45, 2.75) is 4.90 Å². The number of carboxylic acid groups (broad SMARTS) is 1. The fraction of sp³-hybridized carbons (Fsp3) is 0. The van der Waals surface area contributed by atoms with Gasteiger partial charge in [0.1, 0.15) is 0 Å². The molecule has 1 rings (SSSR count). The summed E-state index contributed by atoms with van der Waals surface area (Å²) in [7, 11) is -4.56. The average Bonchev–Trinajstić information content (AvgIpc) is 1.99. The van der Waals surface area contributed by atoms with Gasteiger partial charge in [0.05, 0.1) is 10.5 Å². The van der Waals surface area contributed by atoms with E-state index in [1.54, 1.807) is 0 Å². The molecule has 0 saturated heterocycles. The van der Waals surface area contributed by atoms with Gasteiger partial charge in [0.15, 0.2) is 0 Å². The van der Waals surface area contributed by atoms with Crippen LogP contribution in [0.3, 0.4) is 0 Å². The fourth-order valence-electron chi connectivity index (χ4n) is 0.989. The third-order valence-corrected chi connectivity index (χ3v) is 2.45. The van der Waals surface area contributed by atoms with Gasteiger partial charge in [-0.1, -0.05) is 5.75 Å². The largest absolute Gasteiger partial charge is 1.00 e. The zero-order valence-electron chi connectivity index (χ0n) is 8.17. The van der Waals surface area contributed by atoms with Gasteiger partial charge in [-0.05, 0) is 12.1 Å². The van der Waals surface area contributed by atoms with Gasteiger partial charge in [-0.3, -0.25) is 4.55 Å². The van der Waals surface area contributed by atoms with Gasteiger partial charge in [0.25, 0.3) is 10.1 Å². The number of anilines is 1. The summed E-state index contributed by atoms with van der Waals surface area (Å²) in [4.78, 5) is 9.78. The van der Waals surface area contributed by atoms with Crippen LogP contribution in [0.25, 0.3) is 0 Å². The molecule has 4 N–H and O–H groups in total. The Kier molecular flexibility index (Phi) is 4.40. The van der Waals surface area contributed by atoms with Crippen LogP contribution >= 0.6 is 0 Å². The summed E-state index contributed by atoms with van der Waals surface area (Å²) in [6.07, 6.45) is 0. The number of hydrogen-bond donors (Lipinski definition) is 3. The number of nitrogen functional groups attached to an aromatic ring is 1. The zero-order valence-corrected chi connectivity index (χ0v) is 8.98. The normalized spacial score (nSPS) is 10.6. The van der Waals surface area contributed by atoms with Crippen LogP contribution < -0.4 is 29.7 Å². The third kappa shape index (κ3) is 2.90. The van der Waals surface area contributed by atoms with Gasteiger partial charge < -0.3 is 15.9 Å². The van der Waals surface area contributed by atoms with Crippen molar-refractivity contribution in [2.24, 2.45) is 0 Å². The molecule has 0 radical (unpaired) electrons. The van der Waals surface area contributed by atoms with Crippen molar-refractivity contribution in [3.05, 3.63) is 17.7 Å². The van der Waals surface area contributed by atoms with Crippen molar-refractivity contribution in [1.82, 2.24) is 0 Å². The summed E-state index contributed by atoms with van der Waals surface area (Å²) in [6, 6.07) is 1.20. The Hall–Kier alpha value is -1.20. The van der Waals surface area contributed by atoms with Crippen molar-refractivity contribution in [3.63, 3.8) is 0 Å². The van der Waals surface area contributed by atoms with Crippen LogP contribution in [0, 0.1) is 0 Å². The molecule has 0 atom stereocenters. The van der Waals surface area contributed by atoms with Crippen molar-refractivity contribution >= 4 is 21.8 Å². The summed E-state index contributed by atoms with van der Waals surface area (Å²) in [5, 5.41) is 19.7. The molecule has 0 amide bonds. The van der Waals surface area contributed by atoms with Crippen LogP contribution in [0.1, 0.15) is 10.4 Å². The number of rotatable bonds is 2. The number of nitrogens with two attached hydrogens (primary N) is 1. The minimum absolute atomic E-state index is 0. The Morgan fingerprint density at radius 2 is 1.88 bits per heavy atom. The molecule has 0 aromatic heterocycles. The average molecular weight is 239 g/mol. The first-order valence-electron chi connectivity index (χ1n) is 3.55. The first-order valence-corrected chi connectivity index (χ1v) is 4.99. The van der Waals surface area contributed by atoms with E-state index >= 15 is 0 Å². The van der Waals surface area contributed by atoms with Crippen molar-refractivity contribution in [2.75, 3.05) is 5.73 Å². The van der Waals surface area contributed by atoms with Gasteiger partial charge in [0, 0.05) is 5.69 Å². The number of carbonyl (C=O) groups is 1. The van der Waals surface area contributed by atoms with Crippen LogP contribution in [-0.2, 0) is 10.1 Å². The van der Waals surface area contributed by atoms with Crippen LogP contribution in [0.4, 0.5) is 5.69 Å². The molecule has 1 aromatic carbocycles. The van der Waals surface area contributed by atoms with Crippen LogP contribution in [-0.4, -0.2) is 24.0 Å². The molecule has 0 aliphatic heterocycles. The number of benzene rings is 1. The number of hydrogen-bond acceptors (Lipinski definition) is 5. The van der Waals surface area contributed by atoms with Crippen LogP contribution in [0.15, 0.2) is 17.0 Å². The third-order valence-electron chi connectivity index (χ3n) is 1.62. The molecule has 16 heavy (non-hydrogen) atoms. The zero-order chi connectivity index (χ0) is 11.8. The Balaban J connectivity index is 0.00000225. The second-order valence-corrected chi connectivity index (χ2v) is 4.09. The standard InChI is InChI=1S/C7H7NO6S.Li/c8-4-1-3(15(12,13)14)2-5(9)6(4)7(10)11;/h1-2,9H,8H2,(H,10,11)(H,12,13,14);/q;+1/p-1. The van der Waals surface area contributed by atoms with Crippen LogP contribution in [0.5, 0.6) is 5.75 Å². The molecule has 1 aromatic rings. The van der Waals surface area contributed by atoms with E-state index in [0.29, 0.717) is 12.1 Å². The summed E-state index contributed by atoms with van der Waals surface area (Å²) >= 11 is 0. The maximum absolute atomic E-state index is 11.1. The molecule has 0 spiro atoms. The van der Waals surface area contributed by atoms with Gasteiger partial charge in [0.2, 0.25) is 0 Å². The summed E-state index contributed by atoms with van der Waals surface area (Å²) in [5.41, 5.74) is 3.93. The maximum atomic E-state index is 11.1. The summed E-state index contributed by atoms with van der Waals surface area (Å²) < 4.78 is 29.9. The number of aromatic carboxylic acids is 1. The number of carboxylic acids is 1. The van der Waals surface area contributed by atoms with Crippen molar-refractivity contribution in [3.8, 4) is 5.75 Å². The second-order valence-electron chi connectivity index (χ2n) is 2.67. The van der Waals surface area contributed by atoms with Gasteiger partial charge >= 0.3 is 24.8 Å². The Labute approximate surface area is 103 Å². The fourth-order valence-corrected chi connectivity index (χ4v) is 1.52. The molecule has 0 fully saturated rings. The summed E-state index contributed by atoms with van der Waals surface area (Å²) in [5.74, 6) is -2.63. The molecule has 0 saturated carbocycles. The van der Waals surface area contributed by atoms with E-state index in [2.05, 4.69) is 0 Å². The van der Waals surface area contributed by atoms with Gasteiger partial charge in [-0.25, -0.2) is 4.79 Å². The minimum atomic E-state index is -4.56. The van der Waals surface area contributed by atoms with Crippen molar-refractivity contribution in [1.29, 1.82) is 0 Å². The molecular formula is C7H6LiNO6S. The molecule has 0 bridgehead atoms. The first-order chi connectivity index (χ1) is 6.73. The van der Waals surface area contributed by atoms with E-state index in [1.165, 1.54) is 0 Å². The predicted octanol–water partition coefficient (Wildman–Crippen LogP) is -3.71. The van der Waals surface area contributed by atoms with E-state index in [0.717, 1.165) is 0 Å². The maximum Gasteiger partial charge on any atom is 1.00 e.